The molecule has 0 spiro atoms. The first-order valence-corrected chi connectivity index (χ1v) is 14.6. The van der Waals surface area contributed by atoms with E-state index in [2.05, 4.69) is 21.7 Å². The van der Waals surface area contributed by atoms with E-state index in [0.717, 1.165) is 53.3 Å². The van der Waals surface area contributed by atoms with Crippen molar-refractivity contribution in [2.24, 2.45) is 0 Å². The Labute approximate surface area is 244 Å². The van der Waals surface area contributed by atoms with Crippen molar-refractivity contribution in [2.75, 3.05) is 0 Å². The SMILES string of the molecule is Cc1ccc2nc3c(cc2c1)C(C(=O)NC1CCCCC1)N(Cc1ccccc1)C(=O)c1c(-c2ccccc2)nnn1-3. The maximum absolute atomic E-state index is 14.7. The van der Waals surface area contributed by atoms with Gasteiger partial charge in [-0.3, -0.25) is 9.59 Å². The molecule has 7 rings (SSSR count). The number of nitrogens with zero attached hydrogens (tertiary/aromatic N) is 5. The highest BCUT2D eigenvalue weighted by molar-refractivity contribution is 6.03. The van der Waals surface area contributed by atoms with E-state index in [9.17, 15) is 9.59 Å². The molecule has 1 fully saturated rings. The van der Waals surface area contributed by atoms with Crippen LogP contribution in [0.4, 0.5) is 0 Å². The van der Waals surface area contributed by atoms with E-state index in [0.29, 0.717) is 22.8 Å². The third-order valence-electron chi connectivity index (χ3n) is 8.36. The maximum atomic E-state index is 14.7. The predicted molar refractivity (Wildman–Crippen MR) is 161 cm³/mol. The molecule has 2 aliphatic rings. The Balaban J connectivity index is 1.46. The smallest absolute Gasteiger partial charge is 0.276 e. The van der Waals surface area contributed by atoms with Crippen LogP contribution in [0.2, 0.25) is 0 Å². The average Bonchev–Trinajstić information content (AvgIpc) is 3.43. The minimum absolute atomic E-state index is 0.0841. The lowest BCUT2D eigenvalue weighted by atomic mass is 9.94. The lowest BCUT2D eigenvalue weighted by Gasteiger charge is -2.32. The summed E-state index contributed by atoms with van der Waals surface area (Å²) < 4.78 is 1.53. The summed E-state index contributed by atoms with van der Waals surface area (Å²) in [5.41, 5.74) is 4.94. The largest absolute Gasteiger partial charge is 0.351 e. The number of hydrogen-bond acceptors (Lipinski definition) is 5. The summed E-state index contributed by atoms with van der Waals surface area (Å²) in [6, 6.07) is 26.6. The van der Waals surface area contributed by atoms with Crippen LogP contribution in [-0.2, 0) is 11.3 Å². The molecule has 3 heterocycles. The fourth-order valence-corrected chi connectivity index (χ4v) is 6.26. The van der Waals surface area contributed by atoms with Crippen LogP contribution in [0.3, 0.4) is 0 Å². The van der Waals surface area contributed by atoms with Crippen molar-refractivity contribution in [3.05, 3.63) is 107 Å². The number of rotatable bonds is 5. The summed E-state index contributed by atoms with van der Waals surface area (Å²) in [4.78, 5) is 35.8. The first kappa shape index (κ1) is 26.1. The number of pyridine rings is 1. The van der Waals surface area contributed by atoms with Crippen LogP contribution in [0.25, 0.3) is 28.0 Å². The Morgan fingerprint density at radius 3 is 2.43 bits per heavy atom. The molecule has 5 aromatic rings. The van der Waals surface area contributed by atoms with E-state index >= 15 is 0 Å². The molecule has 1 N–H and O–H groups in total. The fraction of sp³-hybridized carbons (Fsp3) is 0.265. The fourth-order valence-electron chi connectivity index (χ4n) is 6.26. The van der Waals surface area contributed by atoms with E-state index < -0.39 is 6.04 Å². The number of fused-ring (bicyclic) bond motifs is 4. The van der Waals surface area contributed by atoms with Crippen molar-refractivity contribution >= 4 is 22.7 Å². The van der Waals surface area contributed by atoms with E-state index in [4.69, 9.17) is 4.98 Å². The summed E-state index contributed by atoms with van der Waals surface area (Å²) in [5.74, 6) is -0.0605. The van der Waals surface area contributed by atoms with E-state index in [1.807, 2.05) is 85.8 Å². The van der Waals surface area contributed by atoms with Gasteiger partial charge in [-0.05, 0) is 43.5 Å². The Bertz CT molecular complexity index is 1780. The molecule has 8 nitrogen and oxygen atoms in total. The van der Waals surface area contributed by atoms with Gasteiger partial charge < -0.3 is 10.2 Å². The molecule has 1 aliphatic heterocycles. The van der Waals surface area contributed by atoms with Crippen LogP contribution < -0.4 is 5.32 Å². The van der Waals surface area contributed by atoms with Gasteiger partial charge in [0.2, 0.25) is 5.91 Å². The van der Waals surface area contributed by atoms with Gasteiger partial charge in [-0.2, -0.15) is 4.68 Å². The number of hydrogen-bond donors (Lipinski definition) is 1. The molecule has 0 saturated heterocycles. The van der Waals surface area contributed by atoms with Gasteiger partial charge in [0.1, 0.15) is 11.7 Å². The number of nitrogens with one attached hydrogen (secondary N) is 1. The van der Waals surface area contributed by atoms with Crippen LogP contribution in [0.15, 0.2) is 84.9 Å². The third-order valence-corrected chi connectivity index (χ3v) is 8.36. The second-order valence-corrected chi connectivity index (χ2v) is 11.3. The molecular formula is C34H32N6O2. The van der Waals surface area contributed by atoms with Crippen LogP contribution in [0, 0.1) is 6.92 Å². The summed E-state index contributed by atoms with van der Waals surface area (Å²) in [6.07, 6.45) is 5.24. The van der Waals surface area contributed by atoms with Crippen molar-refractivity contribution < 1.29 is 9.59 Å². The first-order valence-electron chi connectivity index (χ1n) is 14.6. The van der Waals surface area contributed by atoms with Crippen molar-refractivity contribution in [3.8, 4) is 17.1 Å². The lowest BCUT2D eigenvalue weighted by molar-refractivity contribution is -0.127. The van der Waals surface area contributed by atoms with Crippen molar-refractivity contribution in [1.29, 1.82) is 0 Å². The zero-order valence-electron chi connectivity index (χ0n) is 23.5. The first-order chi connectivity index (χ1) is 20.6. The van der Waals surface area contributed by atoms with Gasteiger partial charge in [0.15, 0.2) is 11.5 Å². The molecule has 2 amide bonds. The molecule has 210 valence electrons. The molecule has 0 bridgehead atoms. The molecule has 1 atom stereocenters. The lowest BCUT2D eigenvalue weighted by Crippen LogP contribution is -2.46. The molecular weight excluding hydrogens is 524 g/mol. The van der Waals surface area contributed by atoms with Crippen LogP contribution in [0.1, 0.15) is 65.3 Å². The summed E-state index contributed by atoms with van der Waals surface area (Å²) in [5, 5.41) is 13.2. The molecule has 2 aromatic heterocycles. The van der Waals surface area contributed by atoms with Gasteiger partial charge in [-0.25, -0.2) is 4.98 Å². The van der Waals surface area contributed by atoms with Gasteiger partial charge >= 0.3 is 0 Å². The number of benzene rings is 3. The Hall–Kier alpha value is -4.85. The van der Waals surface area contributed by atoms with Gasteiger partial charge in [0.25, 0.3) is 5.91 Å². The zero-order chi connectivity index (χ0) is 28.6. The second kappa shape index (κ2) is 10.9. The molecule has 1 saturated carbocycles. The Morgan fingerprint density at radius 2 is 1.67 bits per heavy atom. The highest BCUT2D eigenvalue weighted by Gasteiger charge is 2.42. The number of carbonyl (C=O) groups is 2. The highest BCUT2D eigenvalue weighted by Crippen LogP contribution is 2.38. The minimum Gasteiger partial charge on any atom is -0.351 e. The van der Waals surface area contributed by atoms with Crippen molar-refractivity contribution in [2.45, 2.75) is 57.7 Å². The molecule has 3 aromatic carbocycles. The summed E-state index contributed by atoms with van der Waals surface area (Å²) in [7, 11) is 0. The quantitative estimate of drug-likeness (QED) is 0.289. The molecule has 42 heavy (non-hydrogen) atoms. The van der Waals surface area contributed by atoms with Crippen LogP contribution in [0.5, 0.6) is 0 Å². The van der Waals surface area contributed by atoms with Crippen LogP contribution >= 0.6 is 0 Å². The Kier molecular flexibility index (Phi) is 6.74. The zero-order valence-corrected chi connectivity index (χ0v) is 23.5. The topological polar surface area (TPSA) is 93.0 Å². The molecule has 1 unspecified atom stereocenters. The van der Waals surface area contributed by atoms with Crippen LogP contribution in [-0.4, -0.2) is 42.7 Å². The average molecular weight is 557 g/mol. The molecule has 1 aliphatic carbocycles. The summed E-state index contributed by atoms with van der Waals surface area (Å²) >= 11 is 0. The van der Waals surface area contributed by atoms with Gasteiger partial charge in [0, 0.05) is 29.1 Å². The minimum atomic E-state index is -0.905. The molecule has 8 heteroatoms. The number of aryl methyl sites for hydroxylation is 1. The van der Waals surface area contributed by atoms with Gasteiger partial charge in [-0.1, -0.05) is 96.8 Å². The van der Waals surface area contributed by atoms with E-state index in [1.165, 1.54) is 11.1 Å². The third kappa shape index (κ3) is 4.72. The highest BCUT2D eigenvalue weighted by atomic mass is 16.2. The monoisotopic (exact) mass is 556 g/mol. The van der Waals surface area contributed by atoms with E-state index in [-0.39, 0.29) is 24.4 Å². The standard InChI is InChI=1S/C34H32N6O2/c1-22-17-18-28-25(19-22)20-27-30(33(41)35-26-15-9-4-10-16-26)39(21-23-11-5-2-6-12-23)34(42)31-29(24-13-7-3-8-14-24)37-38-40(31)32(27)36-28/h2-3,5-8,11-14,17-20,26,30H,4,9-10,15-16,21H2,1H3,(H,35,41). The van der Waals surface area contributed by atoms with Crippen molar-refractivity contribution in [1.82, 2.24) is 30.2 Å². The normalized spacial score (nSPS) is 17.0. The summed E-state index contributed by atoms with van der Waals surface area (Å²) in [6.45, 7) is 2.28. The van der Waals surface area contributed by atoms with Gasteiger partial charge in [-0.15, -0.1) is 5.10 Å². The number of aromatic nitrogens is 4. The second-order valence-electron chi connectivity index (χ2n) is 11.3. The van der Waals surface area contributed by atoms with Crippen molar-refractivity contribution in [3.63, 3.8) is 0 Å². The Morgan fingerprint density at radius 1 is 0.929 bits per heavy atom. The molecule has 0 radical (unpaired) electrons. The van der Waals surface area contributed by atoms with E-state index in [1.54, 1.807) is 4.90 Å². The maximum Gasteiger partial charge on any atom is 0.276 e. The number of carbonyl (C=O) groups excluding carboxylic acids is 2. The van der Waals surface area contributed by atoms with Gasteiger partial charge in [0.05, 0.1) is 5.52 Å². The number of amides is 2. The predicted octanol–water partition coefficient (Wildman–Crippen LogP) is 5.94.